The van der Waals surface area contributed by atoms with Crippen molar-refractivity contribution in [3.63, 3.8) is 0 Å². The van der Waals surface area contributed by atoms with Crippen LogP contribution in [0.15, 0.2) is 54.9 Å². The number of pyridine rings is 1. The molecular formula is C26H30N6O2. The molecule has 4 aromatic rings. The van der Waals surface area contributed by atoms with Crippen molar-refractivity contribution in [2.24, 2.45) is 0 Å². The zero-order valence-corrected chi connectivity index (χ0v) is 20.0. The first-order valence-electron chi connectivity index (χ1n) is 11.6. The molecule has 8 nitrogen and oxygen atoms in total. The minimum absolute atomic E-state index is 0.320. The number of methoxy groups -OCH3 is 1. The summed E-state index contributed by atoms with van der Waals surface area (Å²) < 4.78 is 13.1. The Hall–Kier alpha value is -3.36. The first-order chi connectivity index (χ1) is 16.5. The third-order valence-electron chi connectivity index (χ3n) is 6.49. The molecule has 2 bridgehead atoms. The molecule has 5 heterocycles. The minimum Gasteiger partial charge on any atom is -0.375 e. The predicted molar refractivity (Wildman–Crippen MR) is 131 cm³/mol. The van der Waals surface area contributed by atoms with Crippen molar-refractivity contribution >= 4 is 22.8 Å². The number of anilines is 2. The summed E-state index contributed by atoms with van der Waals surface area (Å²) in [5.41, 5.74) is 4.35. The van der Waals surface area contributed by atoms with Gasteiger partial charge in [-0.15, -0.1) is 0 Å². The molecule has 1 aromatic carbocycles. The average Bonchev–Trinajstić information content (AvgIpc) is 3.58. The number of aryl methyl sites for hydroxylation is 2. The number of fused-ring (bicyclic) bond motifs is 2. The first-order valence-corrected chi connectivity index (χ1v) is 11.6. The molecule has 0 radical (unpaired) electrons. The first kappa shape index (κ1) is 22.4. The monoisotopic (exact) mass is 458 g/mol. The molecule has 3 aromatic heterocycles. The highest BCUT2D eigenvalue weighted by Crippen LogP contribution is 2.36. The Morgan fingerprint density at radius 1 is 1.00 bits per heavy atom. The second-order valence-corrected chi connectivity index (χ2v) is 8.77. The van der Waals surface area contributed by atoms with Gasteiger partial charge < -0.3 is 14.4 Å². The van der Waals surface area contributed by atoms with Crippen molar-refractivity contribution in [2.45, 2.75) is 51.5 Å². The van der Waals surface area contributed by atoms with Gasteiger partial charge in [0.15, 0.2) is 11.9 Å². The van der Waals surface area contributed by atoms with Gasteiger partial charge in [-0.1, -0.05) is 30.3 Å². The summed E-state index contributed by atoms with van der Waals surface area (Å²) in [4.78, 5) is 20.2. The van der Waals surface area contributed by atoms with Gasteiger partial charge in [-0.3, -0.25) is 9.55 Å². The van der Waals surface area contributed by atoms with Gasteiger partial charge in [0.1, 0.15) is 11.3 Å². The van der Waals surface area contributed by atoms with Crippen LogP contribution in [0.2, 0.25) is 0 Å². The van der Waals surface area contributed by atoms with Gasteiger partial charge in [-0.2, -0.15) is 4.98 Å². The lowest BCUT2D eigenvalue weighted by molar-refractivity contribution is -0.0647. The zero-order valence-electron chi connectivity index (χ0n) is 20.0. The zero-order chi connectivity index (χ0) is 23.7. The fraction of sp³-hybridized carbons (Fsp3) is 0.385. The lowest BCUT2D eigenvalue weighted by atomic mass is 10.2. The van der Waals surface area contributed by atoms with Crippen LogP contribution in [-0.2, 0) is 9.47 Å². The van der Waals surface area contributed by atoms with Crippen LogP contribution in [0.4, 0.5) is 11.6 Å². The maximum absolute atomic E-state index is 5.84. The highest BCUT2D eigenvalue weighted by atomic mass is 16.5. The van der Waals surface area contributed by atoms with Gasteiger partial charge in [0, 0.05) is 37.8 Å². The molecule has 0 spiro atoms. The molecule has 3 atom stereocenters. The lowest BCUT2D eigenvalue weighted by Gasteiger charge is -2.23. The van der Waals surface area contributed by atoms with Crippen LogP contribution in [-0.4, -0.2) is 50.9 Å². The second-order valence-electron chi connectivity index (χ2n) is 8.77. The highest BCUT2D eigenvalue weighted by Gasteiger charge is 2.36. The Kier molecular flexibility index (Phi) is 6.26. The summed E-state index contributed by atoms with van der Waals surface area (Å²) in [7, 11) is 3.63. The van der Waals surface area contributed by atoms with Crippen LogP contribution in [0.5, 0.6) is 0 Å². The number of imidazole rings is 1. The molecule has 34 heavy (non-hydrogen) atoms. The smallest absolute Gasteiger partial charge is 0.231 e. The van der Waals surface area contributed by atoms with Crippen molar-refractivity contribution in [1.82, 2.24) is 24.5 Å². The summed E-state index contributed by atoms with van der Waals surface area (Å²) in [5.74, 6) is 1.42. The van der Waals surface area contributed by atoms with Crippen LogP contribution < -0.4 is 4.90 Å². The maximum atomic E-state index is 5.84. The maximum Gasteiger partial charge on any atom is 0.231 e. The van der Waals surface area contributed by atoms with Crippen LogP contribution >= 0.6 is 0 Å². The quantitative estimate of drug-likeness (QED) is 0.427. The number of nitrogens with zero attached hydrogens (tertiary/aromatic N) is 6. The highest BCUT2D eigenvalue weighted by molar-refractivity contribution is 5.76. The van der Waals surface area contributed by atoms with E-state index in [1.165, 1.54) is 19.3 Å². The number of hydrogen-bond donors (Lipinski definition) is 0. The molecule has 0 N–H and O–H groups in total. The van der Waals surface area contributed by atoms with E-state index < -0.39 is 0 Å². The van der Waals surface area contributed by atoms with Crippen LogP contribution in [0, 0.1) is 13.8 Å². The van der Waals surface area contributed by atoms with Crippen molar-refractivity contribution in [1.29, 1.82) is 0 Å². The molecule has 0 amide bonds. The van der Waals surface area contributed by atoms with Crippen molar-refractivity contribution < 1.29 is 9.47 Å². The van der Waals surface area contributed by atoms with E-state index in [4.69, 9.17) is 19.4 Å². The van der Waals surface area contributed by atoms with Crippen molar-refractivity contribution in [2.75, 3.05) is 19.1 Å². The molecule has 1 aliphatic carbocycles. The predicted octanol–water partition coefficient (Wildman–Crippen LogP) is 4.74. The Balaban J connectivity index is 0.000000343. The number of aromatic nitrogens is 5. The molecule has 7 rings (SSSR count). The Bertz CT molecular complexity index is 1240. The molecule has 3 aliphatic rings. The van der Waals surface area contributed by atoms with E-state index in [-0.39, 0.29) is 6.23 Å². The van der Waals surface area contributed by atoms with E-state index in [1.807, 2.05) is 72.8 Å². The van der Waals surface area contributed by atoms with E-state index in [2.05, 4.69) is 9.97 Å². The molecule has 3 unspecified atom stereocenters. The summed E-state index contributed by atoms with van der Waals surface area (Å²) in [5, 5.41) is 0. The third kappa shape index (κ3) is 4.26. The van der Waals surface area contributed by atoms with E-state index in [1.54, 1.807) is 19.5 Å². The summed E-state index contributed by atoms with van der Waals surface area (Å²) in [6.07, 6.45) is 8.60. The number of rotatable bonds is 5. The van der Waals surface area contributed by atoms with Crippen LogP contribution in [0.1, 0.15) is 42.6 Å². The molecule has 1 saturated carbocycles. The summed E-state index contributed by atoms with van der Waals surface area (Å²) in [6.45, 7) is 3.91. The van der Waals surface area contributed by atoms with Gasteiger partial charge in [0.05, 0.1) is 17.9 Å². The van der Waals surface area contributed by atoms with Crippen molar-refractivity contribution in [3.8, 4) is 0 Å². The standard InChI is InChI=1S/C21H22N6O.C5H8O/c1-14-18-19(25-21(23-14)26(3)17-10-12-22-13-11-17)27(15(2)24-18)20(28-4)16-8-6-5-7-9-16;1-2-5-3-4(1)6-5/h5-13,20H,1-4H3;4-5H,1-3H2. The van der Waals surface area contributed by atoms with Gasteiger partial charge in [-0.05, 0) is 45.2 Å². The van der Waals surface area contributed by atoms with E-state index in [0.29, 0.717) is 18.2 Å². The molecular weight excluding hydrogens is 428 g/mol. The normalized spacial score (nSPS) is 19.3. The Morgan fingerprint density at radius 3 is 2.26 bits per heavy atom. The van der Waals surface area contributed by atoms with Gasteiger partial charge in [0.25, 0.3) is 0 Å². The number of benzene rings is 1. The lowest BCUT2D eigenvalue weighted by Crippen LogP contribution is -2.25. The SMILES string of the molecule is C1CC2CC1O2.COC(c1ccccc1)n1c(C)nc2c(C)nc(N(C)c3ccncc3)nc21. The van der Waals surface area contributed by atoms with Crippen LogP contribution in [0.25, 0.3) is 11.2 Å². The van der Waals surface area contributed by atoms with Gasteiger partial charge in [-0.25, -0.2) is 9.97 Å². The van der Waals surface area contributed by atoms with Crippen LogP contribution in [0.3, 0.4) is 0 Å². The fourth-order valence-electron chi connectivity index (χ4n) is 4.63. The molecule has 2 aliphatic heterocycles. The van der Waals surface area contributed by atoms with Gasteiger partial charge in [0.2, 0.25) is 5.95 Å². The largest absolute Gasteiger partial charge is 0.375 e. The summed E-state index contributed by atoms with van der Waals surface area (Å²) in [6, 6.07) is 13.9. The fourth-order valence-corrected chi connectivity index (χ4v) is 4.63. The third-order valence-corrected chi connectivity index (χ3v) is 6.49. The van der Waals surface area contributed by atoms with Crippen molar-refractivity contribution in [3.05, 3.63) is 71.9 Å². The Labute approximate surface area is 199 Å². The topological polar surface area (TPSA) is 78.2 Å². The van der Waals surface area contributed by atoms with Gasteiger partial charge >= 0.3 is 0 Å². The van der Waals surface area contributed by atoms with E-state index >= 15 is 0 Å². The molecule has 176 valence electrons. The minimum atomic E-state index is -0.320. The number of ether oxygens (including phenoxy) is 2. The second kappa shape index (κ2) is 9.48. The number of hydrogen-bond acceptors (Lipinski definition) is 7. The van der Waals surface area contributed by atoms with E-state index in [9.17, 15) is 0 Å². The molecule has 2 saturated heterocycles. The summed E-state index contributed by atoms with van der Waals surface area (Å²) >= 11 is 0. The molecule has 8 heteroatoms. The average molecular weight is 459 g/mol. The van der Waals surface area contributed by atoms with E-state index in [0.717, 1.165) is 33.9 Å². The Morgan fingerprint density at radius 2 is 1.68 bits per heavy atom. The molecule has 3 fully saturated rings.